The summed E-state index contributed by atoms with van der Waals surface area (Å²) in [4.78, 5) is 49.3. The number of rotatable bonds is 7. The number of unbranched alkanes of at least 4 members (excludes halogenated alkanes) is 1. The van der Waals surface area contributed by atoms with Crippen molar-refractivity contribution in [3.8, 4) is 0 Å². The van der Waals surface area contributed by atoms with Crippen LogP contribution in [0.1, 0.15) is 58.8 Å². The maximum absolute atomic E-state index is 12.6. The number of carbonyl (C=O) groups is 4. The Morgan fingerprint density at radius 2 is 1.96 bits per heavy atom. The highest BCUT2D eigenvalue weighted by Crippen LogP contribution is 2.35. The van der Waals surface area contributed by atoms with Crippen molar-refractivity contribution >= 4 is 23.8 Å². The second-order valence-electron chi connectivity index (χ2n) is 6.61. The van der Waals surface area contributed by atoms with Crippen LogP contribution in [0.5, 0.6) is 0 Å². The number of carboxylic acids is 1. The molecule has 3 N–H and O–H groups in total. The summed E-state index contributed by atoms with van der Waals surface area (Å²) in [5, 5.41) is 14.3. The van der Waals surface area contributed by atoms with Gasteiger partial charge in [-0.2, -0.15) is 0 Å². The fourth-order valence-corrected chi connectivity index (χ4v) is 3.39. The Morgan fingerprint density at radius 1 is 1.33 bits per heavy atom. The molecule has 0 bridgehead atoms. The first-order valence-corrected chi connectivity index (χ1v) is 8.51. The van der Waals surface area contributed by atoms with E-state index < -0.39 is 35.5 Å². The summed E-state index contributed by atoms with van der Waals surface area (Å²) in [5.41, 5.74) is -0.875. The molecule has 2 aliphatic rings. The number of aliphatic carboxylic acids is 1. The average Bonchev–Trinajstić information content (AvgIpc) is 3.08. The fourth-order valence-electron chi connectivity index (χ4n) is 3.39. The lowest BCUT2D eigenvalue weighted by atomic mass is 9.97. The molecule has 1 spiro atoms. The summed E-state index contributed by atoms with van der Waals surface area (Å²) < 4.78 is 0. The molecule has 0 aromatic rings. The first-order chi connectivity index (χ1) is 11.3. The lowest BCUT2D eigenvalue weighted by molar-refractivity contribution is -0.143. The molecule has 0 aromatic carbocycles. The van der Waals surface area contributed by atoms with E-state index in [4.69, 9.17) is 0 Å². The van der Waals surface area contributed by atoms with Gasteiger partial charge in [0.05, 0.1) is 0 Å². The quantitative estimate of drug-likeness (QED) is 0.598. The second kappa shape index (κ2) is 7.19. The molecule has 2 fully saturated rings. The van der Waals surface area contributed by atoms with Gasteiger partial charge >= 0.3 is 12.0 Å². The molecule has 1 saturated carbocycles. The lowest BCUT2D eigenvalue weighted by Gasteiger charge is -2.24. The number of imide groups is 1. The number of urea groups is 1. The zero-order valence-corrected chi connectivity index (χ0v) is 14.1. The third-order valence-electron chi connectivity index (χ3n) is 4.88. The lowest BCUT2D eigenvalue weighted by Crippen LogP contribution is -2.53. The molecule has 0 radical (unpaired) electrons. The van der Waals surface area contributed by atoms with Gasteiger partial charge in [0, 0.05) is 0 Å². The van der Waals surface area contributed by atoms with Crippen molar-refractivity contribution in [2.75, 3.05) is 0 Å². The Balaban J connectivity index is 2.05. The van der Waals surface area contributed by atoms with E-state index in [1.54, 1.807) is 0 Å². The van der Waals surface area contributed by atoms with Crippen molar-refractivity contribution in [1.82, 2.24) is 15.5 Å². The number of amides is 4. The van der Waals surface area contributed by atoms with Crippen molar-refractivity contribution in [2.45, 2.75) is 76.4 Å². The van der Waals surface area contributed by atoms with Crippen molar-refractivity contribution in [3.63, 3.8) is 0 Å². The van der Waals surface area contributed by atoms with Crippen LogP contribution in [0.3, 0.4) is 0 Å². The van der Waals surface area contributed by atoms with E-state index in [2.05, 4.69) is 10.6 Å². The van der Waals surface area contributed by atoms with E-state index in [-0.39, 0.29) is 5.91 Å². The monoisotopic (exact) mass is 339 g/mol. The van der Waals surface area contributed by atoms with Crippen molar-refractivity contribution in [2.24, 2.45) is 0 Å². The van der Waals surface area contributed by atoms with Crippen LogP contribution in [0.25, 0.3) is 0 Å². The molecule has 1 saturated heterocycles. The highest BCUT2D eigenvalue weighted by Gasteiger charge is 2.54. The first kappa shape index (κ1) is 18.2. The van der Waals surface area contributed by atoms with Crippen LogP contribution in [-0.4, -0.2) is 51.4 Å². The van der Waals surface area contributed by atoms with Gasteiger partial charge in [0.2, 0.25) is 5.91 Å². The van der Waals surface area contributed by atoms with Crippen LogP contribution in [0, 0.1) is 0 Å². The highest BCUT2D eigenvalue weighted by atomic mass is 16.4. The van der Waals surface area contributed by atoms with Gasteiger partial charge < -0.3 is 15.7 Å². The molecule has 4 amide bonds. The minimum Gasteiger partial charge on any atom is -0.480 e. The van der Waals surface area contributed by atoms with Crippen LogP contribution in [-0.2, 0) is 14.4 Å². The van der Waals surface area contributed by atoms with Gasteiger partial charge in [0.25, 0.3) is 5.91 Å². The van der Waals surface area contributed by atoms with Crippen LogP contribution < -0.4 is 10.6 Å². The number of hydrogen-bond acceptors (Lipinski definition) is 4. The van der Waals surface area contributed by atoms with Crippen molar-refractivity contribution in [3.05, 3.63) is 0 Å². The minimum absolute atomic E-state index is 0.314. The van der Waals surface area contributed by atoms with E-state index in [1.807, 2.05) is 6.92 Å². The Kier molecular flexibility index (Phi) is 5.46. The fraction of sp³-hybridized carbons (Fsp3) is 0.750. The molecular weight excluding hydrogens is 314 g/mol. The largest absolute Gasteiger partial charge is 0.480 e. The predicted octanol–water partition coefficient (Wildman–Crippen LogP) is 0.999. The van der Waals surface area contributed by atoms with Crippen LogP contribution in [0.2, 0.25) is 0 Å². The number of nitrogens with zero attached hydrogens (tertiary/aromatic N) is 1. The standard InChI is InChI=1S/C16H25N3O5/c1-3-4-7-11(13(21)22)17-12(20)10(2)19-14(23)16(18-15(19)24)8-5-6-9-16/h10-11H,3-9H2,1-2H3,(H,17,20)(H,18,24)(H,21,22)/t10?,11-/m0/s1. The van der Waals surface area contributed by atoms with E-state index in [0.29, 0.717) is 25.7 Å². The first-order valence-electron chi connectivity index (χ1n) is 8.51. The third kappa shape index (κ3) is 3.37. The molecule has 24 heavy (non-hydrogen) atoms. The predicted molar refractivity (Wildman–Crippen MR) is 85.1 cm³/mol. The second-order valence-corrected chi connectivity index (χ2v) is 6.61. The van der Waals surface area contributed by atoms with Crippen molar-refractivity contribution < 1.29 is 24.3 Å². The van der Waals surface area contributed by atoms with Crippen LogP contribution in [0.15, 0.2) is 0 Å². The SMILES string of the molecule is CCCC[C@H](NC(=O)C(C)N1C(=O)NC2(CCCC2)C1=O)C(=O)O. The number of nitrogens with one attached hydrogen (secondary N) is 2. The van der Waals surface area contributed by atoms with Gasteiger partial charge in [-0.3, -0.25) is 9.59 Å². The molecule has 8 heteroatoms. The minimum atomic E-state index is -1.12. The van der Waals surface area contributed by atoms with Gasteiger partial charge in [0.15, 0.2) is 0 Å². The normalized spacial score (nSPS) is 21.7. The summed E-state index contributed by atoms with van der Waals surface area (Å²) >= 11 is 0. The molecule has 134 valence electrons. The molecule has 1 heterocycles. The van der Waals surface area contributed by atoms with E-state index >= 15 is 0 Å². The molecule has 8 nitrogen and oxygen atoms in total. The van der Waals surface area contributed by atoms with Gasteiger partial charge in [-0.25, -0.2) is 14.5 Å². The van der Waals surface area contributed by atoms with E-state index in [1.165, 1.54) is 6.92 Å². The van der Waals surface area contributed by atoms with Gasteiger partial charge in [-0.05, 0) is 26.2 Å². The summed E-state index contributed by atoms with van der Waals surface area (Å²) in [6.45, 7) is 3.37. The number of carbonyl (C=O) groups excluding carboxylic acids is 3. The average molecular weight is 339 g/mol. The van der Waals surface area contributed by atoms with Gasteiger partial charge in [0.1, 0.15) is 17.6 Å². The Hall–Kier alpha value is -2.12. The Bertz CT molecular complexity index is 542. The molecule has 2 atom stereocenters. The van der Waals surface area contributed by atoms with Gasteiger partial charge in [-0.15, -0.1) is 0 Å². The molecule has 1 unspecified atom stereocenters. The zero-order valence-electron chi connectivity index (χ0n) is 14.1. The number of carboxylic acid groups (broad SMARTS) is 1. The maximum Gasteiger partial charge on any atom is 0.326 e. The topological polar surface area (TPSA) is 116 Å². The zero-order chi connectivity index (χ0) is 17.9. The molecule has 2 rings (SSSR count). The Labute approximate surface area is 141 Å². The Morgan fingerprint density at radius 3 is 2.50 bits per heavy atom. The molecule has 1 aliphatic heterocycles. The summed E-state index contributed by atoms with van der Waals surface area (Å²) in [6, 6.07) is -2.63. The summed E-state index contributed by atoms with van der Waals surface area (Å²) in [6.07, 6.45) is 4.67. The van der Waals surface area contributed by atoms with Gasteiger partial charge in [-0.1, -0.05) is 32.6 Å². The van der Waals surface area contributed by atoms with E-state index in [9.17, 15) is 24.3 Å². The number of hydrogen-bond donors (Lipinski definition) is 3. The third-order valence-corrected chi connectivity index (χ3v) is 4.88. The van der Waals surface area contributed by atoms with Crippen LogP contribution in [0.4, 0.5) is 4.79 Å². The summed E-state index contributed by atoms with van der Waals surface area (Å²) in [7, 11) is 0. The maximum atomic E-state index is 12.6. The molecule has 0 aromatic heterocycles. The molecular formula is C16H25N3O5. The van der Waals surface area contributed by atoms with Crippen molar-refractivity contribution in [1.29, 1.82) is 0 Å². The smallest absolute Gasteiger partial charge is 0.326 e. The molecule has 1 aliphatic carbocycles. The summed E-state index contributed by atoms with van der Waals surface area (Å²) in [5.74, 6) is -2.13. The van der Waals surface area contributed by atoms with Crippen LogP contribution >= 0.6 is 0 Å². The van der Waals surface area contributed by atoms with E-state index in [0.717, 1.165) is 24.2 Å². The highest BCUT2D eigenvalue weighted by molar-refractivity contribution is 6.10.